The molecule has 1 aromatic rings. The Morgan fingerprint density at radius 2 is 2.47 bits per heavy atom. The van der Waals surface area contributed by atoms with Crippen LogP contribution in [0.3, 0.4) is 0 Å². The highest BCUT2D eigenvalue weighted by Gasteiger charge is 2.26. The molecule has 17 heavy (non-hydrogen) atoms. The molecule has 0 saturated heterocycles. The summed E-state index contributed by atoms with van der Waals surface area (Å²) in [6.07, 6.45) is 0.771. The summed E-state index contributed by atoms with van der Waals surface area (Å²) >= 11 is 0. The summed E-state index contributed by atoms with van der Waals surface area (Å²) in [7, 11) is 0.611. The quantitative estimate of drug-likeness (QED) is 0.807. The van der Waals surface area contributed by atoms with Crippen LogP contribution in [0.4, 0.5) is 4.39 Å². The predicted molar refractivity (Wildman–Crippen MR) is 67.4 cm³/mol. The molecule has 3 atom stereocenters. The Labute approximate surface area is 102 Å². The SMILES string of the molecule is CPNC[C@@H](O)[C@@H]1CCc2cc(F)ccc2O1. The van der Waals surface area contributed by atoms with Gasteiger partial charge in [0.05, 0.1) is 0 Å². The number of rotatable bonds is 4. The van der Waals surface area contributed by atoms with Gasteiger partial charge >= 0.3 is 0 Å². The number of nitrogens with one attached hydrogen (secondary N) is 1. The van der Waals surface area contributed by atoms with Gasteiger partial charge in [0.15, 0.2) is 0 Å². The first kappa shape index (κ1) is 12.7. The van der Waals surface area contributed by atoms with E-state index in [1.807, 2.05) is 6.66 Å². The number of hydrogen-bond donors (Lipinski definition) is 2. The van der Waals surface area contributed by atoms with Crippen molar-refractivity contribution < 1.29 is 14.2 Å². The molecule has 1 aromatic carbocycles. The van der Waals surface area contributed by atoms with Crippen LogP contribution in [0, 0.1) is 5.82 Å². The number of hydrogen-bond acceptors (Lipinski definition) is 3. The molecule has 3 nitrogen and oxygen atoms in total. The molecule has 1 aliphatic rings. The molecule has 94 valence electrons. The molecule has 2 rings (SSSR count). The molecule has 1 heterocycles. The van der Waals surface area contributed by atoms with E-state index in [2.05, 4.69) is 5.09 Å². The lowest BCUT2D eigenvalue weighted by Gasteiger charge is -2.29. The van der Waals surface area contributed by atoms with Gasteiger partial charge in [0.2, 0.25) is 0 Å². The molecule has 0 fully saturated rings. The normalized spacial score (nSPS) is 21.2. The highest BCUT2D eigenvalue weighted by atomic mass is 31.1. The van der Waals surface area contributed by atoms with E-state index in [1.54, 1.807) is 6.07 Å². The fourth-order valence-electron chi connectivity index (χ4n) is 1.99. The number of aliphatic hydroxyl groups is 1. The van der Waals surface area contributed by atoms with Gasteiger partial charge in [0, 0.05) is 6.54 Å². The van der Waals surface area contributed by atoms with Gasteiger partial charge in [0.25, 0.3) is 0 Å². The molecular weight excluding hydrogens is 240 g/mol. The van der Waals surface area contributed by atoms with Crippen molar-refractivity contribution in [1.82, 2.24) is 5.09 Å². The lowest BCUT2D eigenvalue weighted by Crippen LogP contribution is -2.40. The molecule has 0 radical (unpaired) electrons. The van der Waals surface area contributed by atoms with Crippen LogP contribution in [0.25, 0.3) is 0 Å². The first-order chi connectivity index (χ1) is 8.20. The van der Waals surface area contributed by atoms with Crippen LogP contribution in [-0.2, 0) is 6.42 Å². The number of aliphatic hydroxyl groups excluding tert-OH is 1. The number of halogens is 1. The Morgan fingerprint density at radius 1 is 1.65 bits per heavy atom. The number of ether oxygens (including phenoxy) is 1. The van der Waals surface area contributed by atoms with Crippen LogP contribution in [0.2, 0.25) is 0 Å². The monoisotopic (exact) mass is 257 g/mol. The highest BCUT2D eigenvalue weighted by Crippen LogP contribution is 2.29. The van der Waals surface area contributed by atoms with Gasteiger partial charge in [-0.2, -0.15) is 0 Å². The highest BCUT2D eigenvalue weighted by molar-refractivity contribution is 7.34. The van der Waals surface area contributed by atoms with Gasteiger partial charge in [-0.1, -0.05) is 8.73 Å². The van der Waals surface area contributed by atoms with E-state index >= 15 is 0 Å². The number of fused-ring (bicyclic) bond motifs is 1. The average molecular weight is 257 g/mol. The van der Waals surface area contributed by atoms with Crippen molar-refractivity contribution in [1.29, 1.82) is 0 Å². The molecule has 1 unspecified atom stereocenters. The summed E-state index contributed by atoms with van der Waals surface area (Å²) in [6, 6.07) is 4.53. The largest absolute Gasteiger partial charge is 0.487 e. The Bertz CT molecular complexity index is 389. The Morgan fingerprint density at radius 3 is 3.24 bits per heavy atom. The lowest BCUT2D eigenvalue weighted by molar-refractivity contribution is 0.0277. The second-order valence-corrected chi connectivity index (χ2v) is 5.00. The zero-order chi connectivity index (χ0) is 12.3. The van der Waals surface area contributed by atoms with Crippen LogP contribution in [0.5, 0.6) is 5.75 Å². The summed E-state index contributed by atoms with van der Waals surface area (Å²) < 4.78 is 18.7. The van der Waals surface area contributed by atoms with Crippen LogP contribution in [0.1, 0.15) is 12.0 Å². The lowest BCUT2D eigenvalue weighted by atomic mass is 9.99. The van der Waals surface area contributed by atoms with Crippen molar-refractivity contribution in [3.8, 4) is 5.75 Å². The van der Waals surface area contributed by atoms with Gasteiger partial charge in [-0.05, 0) is 43.3 Å². The third-order valence-electron chi connectivity index (χ3n) is 2.92. The van der Waals surface area contributed by atoms with Crippen molar-refractivity contribution in [3.63, 3.8) is 0 Å². The van der Waals surface area contributed by atoms with E-state index in [9.17, 15) is 9.50 Å². The van der Waals surface area contributed by atoms with E-state index in [1.165, 1.54) is 12.1 Å². The zero-order valence-electron chi connectivity index (χ0n) is 9.74. The minimum absolute atomic E-state index is 0.197. The minimum atomic E-state index is -0.513. The van der Waals surface area contributed by atoms with E-state index in [0.717, 1.165) is 18.4 Å². The molecule has 5 heteroatoms. The van der Waals surface area contributed by atoms with Crippen LogP contribution in [-0.4, -0.2) is 30.5 Å². The maximum atomic E-state index is 13.0. The standard InChI is InChI=1S/C12H17FNO2P/c1-17-14-7-10(15)12-4-2-8-6-9(13)3-5-11(8)16-12/h3,5-6,10,12,14-15,17H,2,4,7H2,1H3/t10-,12+/m1/s1. The van der Waals surface area contributed by atoms with Gasteiger partial charge in [-0.25, -0.2) is 4.39 Å². The molecule has 0 amide bonds. The molecule has 0 aromatic heterocycles. The van der Waals surface area contributed by atoms with Crippen molar-refractivity contribution in [2.75, 3.05) is 13.2 Å². The fraction of sp³-hybridized carbons (Fsp3) is 0.500. The summed E-state index contributed by atoms with van der Waals surface area (Å²) in [6.45, 7) is 2.56. The molecular formula is C12H17FNO2P. The molecule has 2 N–H and O–H groups in total. The summed E-state index contributed by atoms with van der Waals surface area (Å²) in [5.41, 5.74) is 0.888. The minimum Gasteiger partial charge on any atom is -0.487 e. The van der Waals surface area contributed by atoms with E-state index in [0.29, 0.717) is 21.0 Å². The second-order valence-electron chi connectivity index (χ2n) is 4.15. The third kappa shape index (κ3) is 3.15. The van der Waals surface area contributed by atoms with Crippen LogP contribution in [0.15, 0.2) is 18.2 Å². The molecule has 0 aliphatic carbocycles. The fourth-order valence-corrected chi connectivity index (χ4v) is 2.40. The Kier molecular flexibility index (Phi) is 4.32. The number of aryl methyl sites for hydroxylation is 1. The van der Waals surface area contributed by atoms with Crippen LogP contribution < -0.4 is 9.82 Å². The average Bonchev–Trinajstić information content (AvgIpc) is 2.35. The van der Waals surface area contributed by atoms with Crippen molar-refractivity contribution in [2.24, 2.45) is 0 Å². The van der Waals surface area contributed by atoms with E-state index < -0.39 is 6.10 Å². The van der Waals surface area contributed by atoms with Crippen molar-refractivity contribution in [2.45, 2.75) is 25.0 Å². The summed E-state index contributed by atoms with van der Waals surface area (Å²) in [5.74, 6) is 0.459. The van der Waals surface area contributed by atoms with E-state index in [4.69, 9.17) is 4.74 Å². The maximum Gasteiger partial charge on any atom is 0.126 e. The molecule has 0 bridgehead atoms. The maximum absolute atomic E-state index is 13.0. The second kappa shape index (κ2) is 5.76. The smallest absolute Gasteiger partial charge is 0.126 e. The van der Waals surface area contributed by atoms with E-state index in [-0.39, 0.29) is 11.9 Å². The zero-order valence-corrected chi connectivity index (χ0v) is 10.7. The van der Waals surface area contributed by atoms with Gasteiger partial charge < -0.3 is 9.84 Å². The van der Waals surface area contributed by atoms with Gasteiger partial charge in [0.1, 0.15) is 23.8 Å². The summed E-state index contributed by atoms with van der Waals surface area (Å²) in [5, 5.41) is 13.0. The third-order valence-corrected chi connectivity index (χ3v) is 3.47. The molecule has 0 spiro atoms. The molecule has 1 aliphatic heterocycles. The Balaban J connectivity index is 2.00. The van der Waals surface area contributed by atoms with Gasteiger partial charge in [-0.3, -0.25) is 5.09 Å². The predicted octanol–water partition coefficient (Wildman–Crippen LogP) is 1.69. The first-order valence-corrected chi connectivity index (χ1v) is 7.23. The number of benzene rings is 1. The van der Waals surface area contributed by atoms with Gasteiger partial charge in [-0.15, -0.1) is 0 Å². The van der Waals surface area contributed by atoms with Crippen molar-refractivity contribution >= 4 is 8.73 Å². The summed E-state index contributed by atoms with van der Waals surface area (Å²) in [4.78, 5) is 0. The van der Waals surface area contributed by atoms with Crippen molar-refractivity contribution in [3.05, 3.63) is 29.6 Å². The first-order valence-electron chi connectivity index (χ1n) is 5.73. The molecule has 0 saturated carbocycles. The van der Waals surface area contributed by atoms with Crippen LogP contribution >= 0.6 is 8.73 Å². The Hall–Kier alpha value is -0.700. The topological polar surface area (TPSA) is 41.5 Å².